The van der Waals surface area contributed by atoms with Crippen LogP contribution in [0.15, 0.2) is 4.99 Å². The summed E-state index contributed by atoms with van der Waals surface area (Å²) in [4.78, 5) is 14.1. The monoisotopic (exact) mass is 260 g/mol. The third-order valence-electron chi connectivity index (χ3n) is 3.11. The van der Waals surface area contributed by atoms with Gasteiger partial charge >= 0.3 is 0 Å². The molecule has 1 aliphatic heterocycles. The lowest BCUT2D eigenvalue weighted by Crippen LogP contribution is -2.52. The summed E-state index contributed by atoms with van der Waals surface area (Å²) in [6.07, 6.45) is 2.59. The van der Waals surface area contributed by atoms with Crippen molar-refractivity contribution in [2.24, 2.45) is 10.9 Å². The van der Waals surface area contributed by atoms with Crippen LogP contribution in [0.25, 0.3) is 0 Å². The molecule has 98 valence electrons. The molecule has 0 aliphatic carbocycles. The molecular weight excluding hydrogens is 240 g/mol. The van der Waals surface area contributed by atoms with E-state index >= 15 is 0 Å². The lowest BCUT2D eigenvalue weighted by molar-refractivity contribution is 0.190. The summed E-state index contributed by atoms with van der Waals surface area (Å²) >= 11 is 0. The Balaban J connectivity index is 3.14. The molecule has 0 radical (unpaired) electrons. The number of isocyanates is 1. The minimum absolute atomic E-state index is 0.0577. The van der Waals surface area contributed by atoms with Crippen molar-refractivity contribution in [2.75, 3.05) is 6.54 Å². The fraction of sp³-hybridized carbons (Fsp3) is 0.909. The highest BCUT2D eigenvalue weighted by atomic mass is 32.2. The van der Waals surface area contributed by atoms with Gasteiger partial charge in [0, 0.05) is 6.54 Å². The predicted molar refractivity (Wildman–Crippen MR) is 65.7 cm³/mol. The van der Waals surface area contributed by atoms with Gasteiger partial charge in [0.2, 0.25) is 16.1 Å². The van der Waals surface area contributed by atoms with Crippen LogP contribution in [0, 0.1) is 5.92 Å². The van der Waals surface area contributed by atoms with Gasteiger partial charge in [-0.3, -0.25) is 0 Å². The Kier molecular flexibility index (Phi) is 4.12. The molecule has 5 nitrogen and oxygen atoms in total. The first-order valence-electron chi connectivity index (χ1n) is 5.80. The summed E-state index contributed by atoms with van der Waals surface area (Å²) in [5, 5.41) is 0. The van der Waals surface area contributed by atoms with Crippen molar-refractivity contribution in [1.29, 1.82) is 0 Å². The van der Waals surface area contributed by atoms with Crippen molar-refractivity contribution < 1.29 is 13.2 Å². The van der Waals surface area contributed by atoms with Gasteiger partial charge in [0.15, 0.2) is 0 Å². The fourth-order valence-corrected chi connectivity index (χ4v) is 3.61. The minimum Gasteiger partial charge on any atom is -0.212 e. The maximum Gasteiger partial charge on any atom is 0.236 e. The van der Waals surface area contributed by atoms with E-state index in [9.17, 15) is 13.2 Å². The lowest BCUT2D eigenvalue weighted by atomic mass is 9.98. The maximum atomic E-state index is 12.4. The molecule has 1 rings (SSSR count). The molecular formula is C11H20N2O3S. The van der Waals surface area contributed by atoms with Gasteiger partial charge in [-0.2, -0.15) is 9.30 Å². The minimum atomic E-state index is -3.44. The van der Waals surface area contributed by atoms with Crippen LogP contribution < -0.4 is 0 Å². The van der Waals surface area contributed by atoms with Gasteiger partial charge < -0.3 is 0 Å². The highest BCUT2D eigenvalue weighted by Crippen LogP contribution is 2.31. The third kappa shape index (κ3) is 2.76. The molecule has 0 aromatic carbocycles. The molecule has 2 atom stereocenters. The second kappa shape index (κ2) is 4.88. The normalized spacial score (nSPS) is 27.5. The summed E-state index contributed by atoms with van der Waals surface area (Å²) in [7, 11) is -3.44. The number of aliphatic imine (C=N–C) groups is 1. The van der Waals surface area contributed by atoms with Crippen molar-refractivity contribution in [3.63, 3.8) is 0 Å². The number of hydrogen-bond donors (Lipinski definition) is 0. The Morgan fingerprint density at radius 2 is 1.94 bits per heavy atom. The van der Waals surface area contributed by atoms with Crippen LogP contribution in [0.4, 0.5) is 0 Å². The van der Waals surface area contributed by atoms with Gasteiger partial charge in [-0.1, -0.05) is 6.92 Å². The number of carbonyl (C=O) groups excluding carboxylic acids is 1. The molecule has 0 saturated carbocycles. The van der Waals surface area contributed by atoms with Gasteiger partial charge in [-0.05, 0) is 39.5 Å². The zero-order valence-corrected chi connectivity index (χ0v) is 11.6. The first-order chi connectivity index (χ1) is 7.71. The molecule has 0 aromatic rings. The van der Waals surface area contributed by atoms with Crippen LogP contribution >= 0.6 is 0 Å². The van der Waals surface area contributed by atoms with E-state index in [0.29, 0.717) is 6.54 Å². The molecule has 0 bridgehead atoms. The molecule has 1 heterocycles. The van der Waals surface area contributed by atoms with Crippen LogP contribution in [0.3, 0.4) is 0 Å². The van der Waals surface area contributed by atoms with E-state index in [2.05, 4.69) is 4.99 Å². The van der Waals surface area contributed by atoms with E-state index in [-0.39, 0.29) is 5.92 Å². The highest BCUT2D eigenvalue weighted by molar-refractivity contribution is 7.90. The third-order valence-corrected chi connectivity index (χ3v) is 5.67. The van der Waals surface area contributed by atoms with Gasteiger partial charge in [-0.25, -0.2) is 13.2 Å². The highest BCUT2D eigenvalue weighted by Gasteiger charge is 2.42. The summed E-state index contributed by atoms with van der Waals surface area (Å²) in [6, 6.07) is 0. The smallest absolute Gasteiger partial charge is 0.212 e. The Bertz CT molecular complexity index is 418. The van der Waals surface area contributed by atoms with Crippen LogP contribution in [-0.2, 0) is 14.8 Å². The molecule has 1 fully saturated rings. The van der Waals surface area contributed by atoms with Crippen molar-refractivity contribution in [3.8, 4) is 0 Å². The van der Waals surface area contributed by atoms with E-state index in [1.165, 1.54) is 10.4 Å². The zero-order chi connectivity index (χ0) is 13.3. The summed E-state index contributed by atoms with van der Waals surface area (Å²) in [6.45, 7) is 7.31. The molecule has 0 spiro atoms. The van der Waals surface area contributed by atoms with Crippen molar-refractivity contribution in [3.05, 3.63) is 0 Å². The Labute approximate surface area is 103 Å². The van der Waals surface area contributed by atoms with E-state index < -0.39 is 20.9 Å². The van der Waals surface area contributed by atoms with E-state index in [1.807, 2.05) is 6.92 Å². The van der Waals surface area contributed by atoms with Gasteiger partial charge in [0.1, 0.15) is 6.17 Å². The number of piperidine rings is 1. The molecule has 1 saturated heterocycles. The second-order valence-corrected chi connectivity index (χ2v) is 8.13. The summed E-state index contributed by atoms with van der Waals surface area (Å²) in [5.41, 5.74) is 0. The van der Waals surface area contributed by atoms with Crippen LogP contribution in [-0.4, -0.2) is 36.3 Å². The SMILES string of the molecule is CC1CCCN(S(=O)(=O)C(C)(C)C)C1N=C=O. The number of hydrogen-bond acceptors (Lipinski definition) is 4. The van der Waals surface area contributed by atoms with Crippen LogP contribution in [0.1, 0.15) is 40.5 Å². The number of rotatable bonds is 2. The average molecular weight is 260 g/mol. The van der Waals surface area contributed by atoms with E-state index in [4.69, 9.17) is 0 Å². The van der Waals surface area contributed by atoms with Gasteiger partial charge in [0.25, 0.3) is 0 Å². The quantitative estimate of drug-likeness (QED) is 0.558. The summed E-state index contributed by atoms with van der Waals surface area (Å²) in [5.74, 6) is 0.0577. The molecule has 2 unspecified atom stereocenters. The second-order valence-electron chi connectivity index (χ2n) is 5.48. The van der Waals surface area contributed by atoms with E-state index in [1.54, 1.807) is 20.8 Å². The molecule has 0 amide bonds. The lowest BCUT2D eigenvalue weighted by Gasteiger charge is -2.39. The first-order valence-corrected chi connectivity index (χ1v) is 7.24. The molecule has 17 heavy (non-hydrogen) atoms. The van der Waals surface area contributed by atoms with Crippen LogP contribution in [0.5, 0.6) is 0 Å². The molecule has 0 N–H and O–H groups in total. The van der Waals surface area contributed by atoms with Gasteiger partial charge in [0.05, 0.1) is 4.75 Å². The Hall–Kier alpha value is -0.710. The molecule has 6 heteroatoms. The summed E-state index contributed by atoms with van der Waals surface area (Å²) < 4.78 is 25.2. The maximum absolute atomic E-state index is 12.4. The predicted octanol–water partition coefficient (Wildman–Crippen LogP) is 1.51. The van der Waals surface area contributed by atoms with Crippen LogP contribution in [0.2, 0.25) is 0 Å². The largest absolute Gasteiger partial charge is 0.236 e. The van der Waals surface area contributed by atoms with Crippen molar-refractivity contribution in [2.45, 2.75) is 51.4 Å². The average Bonchev–Trinajstić information content (AvgIpc) is 2.19. The number of nitrogens with zero attached hydrogens (tertiary/aromatic N) is 2. The standard InChI is InChI=1S/C11H20N2O3S/c1-9-6-5-7-13(10(9)12-8-14)17(15,16)11(2,3)4/h9-10H,5-7H2,1-4H3. The molecule has 0 aromatic heterocycles. The topological polar surface area (TPSA) is 66.8 Å². The molecule has 1 aliphatic rings. The first kappa shape index (κ1) is 14.4. The Morgan fingerprint density at radius 1 is 1.35 bits per heavy atom. The fourth-order valence-electron chi connectivity index (χ4n) is 1.99. The number of sulfonamides is 1. The van der Waals surface area contributed by atoms with E-state index in [0.717, 1.165) is 12.8 Å². The van der Waals surface area contributed by atoms with Crippen molar-refractivity contribution >= 4 is 16.1 Å². The Morgan fingerprint density at radius 3 is 2.41 bits per heavy atom. The van der Waals surface area contributed by atoms with Crippen molar-refractivity contribution in [1.82, 2.24) is 4.31 Å². The zero-order valence-electron chi connectivity index (χ0n) is 10.8. The van der Waals surface area contributed by atoms with Gasteiger partial charge in [-0.15, -0.1) is 0 Å².